The maximum absolute atomic E-state index is 11.9. The van der Waals surface area contributed by atoms with Crippen LogP contribution in [0.4, 0.5) is 4.39 Å². The van der Waals surface area contributed by atoms with E-state index in [1.54, 1.807) is 42.4 Å². The molecule has 0 saturated heterocycles. The van der Waals surface area contributed by atoms with Gasteiger partial charge in [0, 0.05) is 19.2 Å². The Morgan fingerprint density at radius 3 is 2.56 bits per heavy atom. The Morgan fingerprint density at radius 2 is 1.91 bits per heavy atom. The van der Waals surface area contributed by atoms with E-state index in [1.807, 2.05) is 30.0 Å². The van der Waals surface area contributed by atoms with Gasteiger partial charge in [-0.25, -0.2) is 29.0 Å². The number of hydrogen-bond acceptors (Lipinski definition) is 6. The Bertz CT molecular complexity index is 1180. The lowest BCUT2D eigenvalue weighted by Gasteiger charge is -2.09. The second-order valence-corrected chi connectivity index (χ2v) is 7.25. The van der Waals surface area contributed by atoms with E-state index in [0.717, 1.165) is 30.9 Å². The van der Waals surface area contributed by atoms with Crippen LogP contribution in [0.1, 0.15) is 35.9 Å². The van der Waals surface area contributed by atoms with E-state index in [0.29, 0.717) is 23.2 Å². The van der Waals surface area contributed by atoms with Crippen LogP contribution in [0.5, 0.6) is 5.88 Å². The predicted molar refractivity (Wildman–Crippen MR) is 119 cm³/mol. The summed E-state index contributed by atoms with van der Waals surface area (Å²) in [6.07, 6.45) is 12.3. The van der Waals surface area contributed by atoms with E-state index in [2.05, 4.69) is 25.0 Å². The molecule has 0 N–H and O–H groups in total. The number of aromatic nitrogens is 7. The van der Waals surface area contributed by atoms with Crippen molar-refractivity contribution in [3.63, 3.8) is 0 Å². The van der Waals surface area contributed by atoms with Gasteiger partial charge in [0.1, 0.15) is 18.0 Å². The first-order valence-electron chi connectivity index (χ1n) is 10.4. The van der Waals surface area contributed by atoms with E-state index < -0.39 is 0 Å². The SMILES string of the molecule is COc1nc(/C=C/c2nc3n(n2)CCCC3)cnc1-n1cnc(C)c1.Fc1ccccc1. The number of nitrogens with zero attached hydrogens (tertiary/aromatic N) is 7. The quantitative estimate of drug-likeness (QED) is 0.485. The van der Waals surface area contributed by atoms with Gasteiger partial charge in [-0.2, -0.15) is 5.10 Å². The fraction of sp³-hybridized carbons (Fsp3) is 0.261. The van der Waals surface area contributed by atoms with Crippen molar-refractivity contribution in [2.45, 2.75) is 32.7 Å². The van der Waals surface area contributed by atoms with Gasteiger partial charge in [0.25, 0.3) is 5.88 Å². The lowest BCUT2D eigenvalue weighted by molar-refractivity contribution is 0.393. The molecule has 0 amide bonds. The second kappa shape index (κ2) is 9.95. The minimum Gasteiger partial charge on any atom is -0.478 e. The molecule has 0 aliphatic carbocycles. The summed E-state index contributed by atoms with van der Waals surface area (Å²) in [5.41, 5.74) is 1.59. The van der Waals surface area contributed by atoms with Crippen LogP contribution in [0.25, 0.3) is 18.0 Å². The molecule has 1 aliphatic rings. The van der Waals surface area contributed by atoms with Crippen molar-refractivity contribution in [1.82, 2.24) is 34.3 Å². The van der Waals surface area contributed by atoms with Crippen LogP contribution in [0.2, 0.25) is 0 Å². The van der Waals surface area contributed by atoms with Gasteiger partial charge >= 0.3 is 0 Å². The molecule has 0 fully saturated rings. The van der Waals surface area contributed by atoms with Gasteiger partial charge < -0.3 is 4.74 Å². The van der Waals surface area contributed by atoms with Gasteiger partial charge in [-0.05, 0) is 44.1 Å². The Labute approximate surface area is 185 Å². The number of ether oxygens (including phenoxy) is 1. The molecule has 0 spiro atoms. The number of methoxy groups -OCH3 is 1. The summed E-state index contributed by atoms with van der Waals surface area (Å²) in [7, 11) is 1.58. The molecule has 8 nitrogen and oxygen atoms in total. The van der Waals surface area contributed by atoms with Gasteiger partial charge in [-0.1, -0.05) is 18.2 Å². The third-order valence-electron chi connectivity index (χ3n) is 4.81. The molecular weight excluding hydrogens is 409 g/mol. The standard InChI is InChI=1S/C17H19N7O.C6H5F/c1-12-10-23(11-19-12)16-17(25-2)20-13(9-18-16)6-7-14-21-15-5-3-4-8-24(15)22-14;7-6-4-2-1-3-5-6/h6-7,9-11H,3-5,8H2,1-2H3;1-5H/b7-6+;. The number of hydrogen-bond donors (Lipinski definition) is 0. The summed E-state index contributed by atoms with van der Waals surface area (Å²) in [5, 5.41) is 4.50. The molecule has 4 heterocycles. The number of aryl methyl sites for hydroxylation is 3. The third-order valence-corrected chi connectivity index (χ3v) is 4.81. The summed E-state index contributed by atoms with van der Waals surface area (Å²) in [5.74, 6) is 2.63. The van der Waals surface area contributed by atoms with Crippen molar-refractivity contribution in [3.8, 4) is 11.7 Å². The molecule has 5 rings (SSSR count). The molecule has 1 aromatic carbocycles. The summed E-state index contributed by atoms with van der Waals surface area (Å²) in [6.45, 7) is 2.87. The topological polar surface area (TPSA) is 83.5 Å². The molecule has 3 aromatic heterocycles. The smallest absolute Gasteiger partial charge is 0.258 e. The molecule has 32 heavy (non-hydrogen) atoms. The summed E-state index contributed by atoms with van der Waals surface area (Å²) in [6, 6.07) is 7.94. The molecule has 1 aliphatic heterocycles. The number of fused-ring (bicyclic) bond motifs is 1. The predicted octanol–water partition coefficient (Wildman–Crippen LogP) is 3.90. The fourth-order valence-corrected chi connectivity index (χ4v) is 3.26. The van der Waals surface area contributed by atoms with Crippen molar-refractivity contribution in [2.24, 2.45) is 0 Å². The molecule has 9 heteroatoms. The van der Waals surface area contributed by atoms with Crippen LogP contribution in [0, 0.1) is 12.7 Å². The first-order valence-corrected chi connectivity index (χ1v) is 10.4. The molecule has 0 unspecified atom stereocenters. The first-order chi connectivity index (χ1) is 15.6. The first kappa shape index (κ1) is 21.4. The molecule has 164 valence electrons. The average molecular weight is 433 g/mol. The second-order valence-electron chi connectivity index (χ2n) is 7.25. The Kier molecular flexibility index (Phi) is 6.64. The monoisotopic (exact) mass is 433 g/mol. The summed E-state index contributed by atoms with van der Waals surface area (Å²) < 4.78 is 21.1. The van der Waals surface area contributed by atoms with Crippen molar-refractivity contribution in [1.29, 1.82) is 0 Å². The van der Waals surface area contributed by atoms with Crippen molar-refractivity contribution >= 4 is 12.2 Å². The molecule has 0 atom stereocenters. The van der Waals surface area contributed by atoms with Gasteiger partial charge in [-0.15, -0.1) is 0 Å². The third kappa shape index (κ3) is 5.23. The van der Waals surface area contributed by atoms with E-state index in [9.17, 15) is 4.39 Å². The maximum atomic E-state index is 11.9. The molecule has 0 saturated carbocycles. The summed E-state index contributed by atoms with van der Waals surface area (Å²) >= 11 is 0. The Hall–Kier alpha value is -3.88. The molecule has 0 radical (unpaired) electrons. The van der Waals surface area contributed by atoms with Crippen molar-refractivity contribution < 1.29 is 9.13 Å². The van der Waals surface area contributed by atoms with Gasteiger partial charge in [0.05, 0.1) is 24.7 Å². The fourth-order valence-electron chi connectivity index (χ4n) is 3.26. The maximum Gasteiger partial charge on any atom is 0.258 e. The van der Waals surface area contributed by atoms with Crippen LogP contribution in [-0.4, -0.2) is 41.4 Å². The van der Waals surface area contributed by atoms with E-state index in [4.69, 9.17) is 4.74 Å². The number of benzene rings is 1. The average Bonchev–Trinajstić information content (AvgIpc) is 3.44. The van der Waals surface area contributed by atoms with E-state index in [1.165, 1.54) is 18.6 Å². The lowest BCUT2D eigenvalue weighted by Crippen LogP contribution is -2.11. The van der Waals surface area contributed by atoms with Gasteiger partial charge in [0.15, 0.2) is 5.82 Å². The highest BCUT2D eigenvalue weighted by molar-refractivity contribution is 5.64. The van der Waals surface area contributed by atoms with Crippen molar-refractivity contribution in [2.75, 3.05) is 7.11 Å². The zero-order valence-corrected chi connectivity index (χ0v) is 18.0. The highest BCUT2D eigenvalue weighted by Crippen LogP contribution is 2.19. The highest BCUT2D eigenvalue weighted by atomic mass is 19.1. The zero-order valence-electron chi connectivity index (χ0n) is 18.0. The number of imidazole rings is 1. The Morgan fingerprint density at radius 1 is 1.06 bits per heavy atom. The van der Waals surface area contributed by atoms with Crippen LogP contribution in [0.3, 0.4) is 0 Å². The largest absolute Gasteiger partial charge is 0.478 e. The normalized spacial score (nSPS) is 12.8. The van der Waals surface area contributed by atoms with Crippen LogP contribution in [0.15, 0.2) is 49.1 Å². The minimum atomic E-state index is -0.178. The lowest BCUT2D eigenvalue weighted by atomic mass is 10.2. The van der Waals surface area contributed by atoms with Crippen LogP contribution in [-0.2, 0) is 13.0 Å². The van der Waals surface area contributed by atoms with Crippen LogP contribution >= 0.6 is 0 Å². The molecule has 4 aromatic rings. The molecule has 0 bridgehead atoms. The van der Waals surface area contributed by atoms with Gasteiger partial charge in [-0.3, -0.25) is 4.57 Å². The van der Waals surface area contributed by atoms with Gasteiger partial charge in [0.2, 0.25) is 5.82 Å². The Balaban J connectivity index is 0.000000300. The minimum absolute atomic E-state index is 0.178. The van der Waals surface area contributed by atoms with E-state index >= 15 is 0 Å². The zero-order chi connectivity index (χ0) is 22.3. The highest BCUT2D eigenvalue weighted by Gasteiger charge is 2.13. The van der Waals surface area contributed by atoms with Crippen LogP contribution < -0.4 is 4.74 Å². The number of halogens is 1. The van der Waals surface area contributed by atoms with E-state index in [-0.39, 0.29) is 5.82 Å². The molecular formula is C23H24FN7O. The number of rotatable bonds is 4. The summed E-state index contributed by atoms with van der Waals surface area (Å²) in [4.78, 5) is 17.7. The van der Waals surface area contributed by atoms with Crippen molar-refractivity contribution in [3.05, 3.63) is 77.9 Å².